The maximum absolute atomic E-state index is 4.74. The van der Waals surface area contributed by atoms with Gasteiger partial charge in [-0.15, -0.1) is 5.10 Å². The summed E-state index contributed by atoms with van der Waals surface area (Å²) in [5.41, 5.74) is 1.85. The van der Waals surface area contributed by atoms with Gasteiger partial charge in [0, 0.05) is 24.1 Å². The first-order chi connectivity index (χ1) is 10.7. The minimum Gasteiger partial charge on any atom is -0.275 e. The van der Waals surface area contributed by atoms with Crippen LogP contribution >= 0.6 is 15.9 Å². The highest BCUT2D eigenvalue weighted by Crippen LogP contribution is 2.33. The van der Waals surface area contributed by atoms with Crippen LogP contribution in [0, 0.1) is 5.92 Å². The molecule has 0 saturated heterocycles. The smallest absolute Gasteiger partial charge is 0.202 e. The normalized spacial score (nSPS) is 14.5. The molecule has 0 bridgehead atoms. The number of hydrogen-bond donors (Lipinski definition) is 0. The second-order valence-corrected chi connectivity index (χ2v) is 6.68. The molecule has 6 heteroatoms. The van der Waals surface area contributed by atoms with Crippen molar-refractivity contribution in [2.24, 2.45) is 13.0 Å². The molecule has 0 aliphatic heterocycles. The Hall–Kier alpha value is -1.95. The van der Waals surface area contributed by atoms with Gasteiger partial charge in [-0.25, -0.2) is 9.67 Å². The van der Waals surface area contributed by atoms with Crippen LogP contribution < -0.4 is 0 Å². The number of aryl methyl sites for hydroxylation is 1. The summed E-state index contributed by atoms with van der Waals surface area (Å²) >= 11 is 3.47. The van der Waals surface area contributed by atoms with Crippen LogP contribution in [0.2, 0.25) is 0 Å². The zero-order chi connectivity index (χ0) is 15.1. The van der Waals surface area contributed by atoms with Gasteiger partial charge >= 0.3 is 0 Å². The molecule has 3 aromatic rings. The largest absolute Gasteiger partial charge is 0.275 e. The molecule has 1 aliphatic rings. The second-order valence-electron chi connectivity index (χ2n) is 5.76. The van der Waals surface area contributed by atoms with Gasteiger partial charge in [0.05, 0.1) is 5.69 Å². The van der Waals surface area contributed by atoms with E-state index in [1.807, 2.05) is 36.1 Å². The first-order valence-corrected chi connectivity index (χ1v) is 8.20. The molecule has 0 amide bonds. The lowest BCUT2D eigenvalue weighted by Crippen LogP contribution is -2.04. The Kier molecular flexibility index (Phi) is 3.33. The highest BCUT2D eigenvalue weighted by atomic mass is 79.9. The van der Waals surface area contributed by atoms with Gasteiger partial charge in [0.1, 0.15) is 11.5 Å². The Labute approximate surface area is 137 Å². The molecule has 2 aromatic heterocycles. The fraction of sp³-hybridized carbons (Fsp3) is 0.312. The Morgan fingerprint density at radius 3 is 2.55 bits per heavy atom. The molecule has 0 radical (unpaired) electrons. The van der Waals surface area contributed by atoms with E-state index in [0.29, 0.717) is 5.82 Å². The van der Waals surface area contributed by atoms with Crippen LogP contribution in [-0.2, 0) is 13.5 Å². The summed E-state index contributed by atoms with van der Waals surface area (Å²) in [7, 11) is 1.90. The summed E-state index contributed by atoms with van der Waals surface area (Å²) in [6, 6.07) is 10.1. The number of benzene rings is 1. The van der Waals surface area contributed by atoms with Crippen molar-refractivity contribution < 1.29 is 0 Å². The molecule has 4 rings (SSSR count). The van der Waals surface area contributed by atoms with Gasteiger partial charge in [-0.1, -0.05) is 15.9 Å². The summed E-state index contributed by atoms with van der Waals surface area (Å²) in [4.78, 5) is 4.74. The van der Waals surface area contributed by atoms with Crippen molar-refractivity contribution in [2.75, 3.05) is 0 Å². The molecular formula is C16H16BrN5. The zero-order valence-corrected chi connectivity index (χ0v) is 13.9. The summed E-state index contributed by atoms with van der Waals surface area (Å²) in [6.45, 7) is 0. The van der Waals surface area contributed by atoms with Crippen molar-refractivity contribution in [2.45, 2.75) is 19.3 Å². The summed E-state index contributed by atoms with van der Waals surface area (Å²) in [5, 5.41) is 9.10. The number of halogens is 1. The topological polar surface area (TPSA) is 48.5 Å². The third-order valence-corrected chi connectivity index (χ3v) is 4.38. The van der Waals surface area contributed by atoms with Crippen LogP contribution in [0.5, 0.6) is 0 Å². The number of rotatable bonds is 4. The molecule has 5 nitrogen and oxygen atoms in total. The average molecular weight is 358 g/mol. The van der Waals surface area contributed by atoms with E-state index in [9.17, 15) is 0 Å². The summed E-state index contributed by atoms with van der Waals surface area (Å²) in [5.74, 6) is 2.47. The first-order valence-electron chi connectivity index (χ1n) is 7.41. The predicted molar refractivity (Wildman–Crippen MR) is 87.7 cm³/mol. The van der Waals surface area contributed by atoms with Gasteiger partial charge in [0.15, 0.2) is 0 Å². The van der Waals surface area contributed by atoms with E-state index in [0.717, 1.165) is 34.0 Å². The van der Waals surface area contributed by atoms with Gasteiger partial charge in [0.25, 0.3) is 0 Å². The van der Waals surface area contributed by atoms with E-state index < -0.39 is 0 Å². The standard InChI is InChI=1S/C16H16BrN5/c1-21-9-8-14(19-21)16-18-15(10-11-2-3-11)22(20-16)13-6-4-12(17)5-7-13/h4-9,11H,2-3,10H2,1H3. The third-order valence-electron chi connectivity index (χ3n) is 3.86. The van der Waals surface area contributed by atoms with E-state index in [1.54, 1.807) is 4.68 Å². The van der Waals surface area contributed by atoms with Gasteiger partial charge in [-0.05, 0) is 49.1 Å². The van der Waals surface area contributed by atoms with Crippen LogP contribution in [0.4, 0.5) is 0 Å². The minimum atomic E-state index is 0.694. The van der Waals surface area contributed by atoms with Gasteiger partial charge in [-0.2, -0.15) is 5.10 Å². The molecule has 0 atom stereocenters. The SMILES string of the molecule is Cn1ccc(-c2nc(CC3CC3)n(-c3ccc(Br)cc3)n2)n1. The Balaban J connectivity index is 1.77. The second kappa shape index (κ2) is 5.35. The molecule has 0 unspecified atom stereocenters. The Morgan fingerprint density at radius 2 is 1.91 bits per heavy atom. The zero-order valence-electron chi connectivity index (χ0n) is 12.3. The van der Waals surface area contributed by atoms with E-state index >= 15 is 0 Å². The fourth-order valence-corrected chi connectivity index (χ4v) is 2.75. The quantitative estimate of drug-likeness (QED) is 0.718. The molecule has 2 heterocycles. The lowest BCUT2D eigenvalue weighted by molar-refractivity contribution is 0.720. The molecular weight excluding hydrogens is 342 g/mol. The van der Waals surface area contributed by atoms with Crippen LogP contribution in [0.1, 0.15) is 18.7 Å². The van der Waals surface area contributed by atoms with E-state index in [4.69, 9.17) is 4.98 Å². The van der Waals surface area contributed by atoms with Crippen molar-refractivity contribution >= 4 is 15.9 Å². The molecule has 1 aliphatic carbocycles. The van der Waals surface area contributed by atoms with Crippen LogP contribution in [0.3, 0.4) is 0 Å². The van der Waals surface area contributed by atoms with Crippen LogP contribution in [0.25, 0.3) is 17.2 Å². The summed E-state index contributed by atoms with van der Waals surface area (Å²) < 4.78 is 4.79. The predicted octanol–water partition coefficient (Wildman–Crippen LogP) is 3.38. The number of nitrogens with zero attached hydrogens (tertiary/aromatic N) is 5. The minimum absolute atomic E-state index is 0.694. The maximum atomic E-state index is 4.74. The highest BCUT2D eigenvalue weighted by molar-refractivity contribution is 9.10. The summed E-state index contributed by atoms with van der Waals surface area (Å²) in [6.07, 6.45) is 5.49. The lowest BCUT2D eigenvalue weighted by atomic mass is 10.2. The number of hydrogen-bond acceptors (Lipinski definition) is 3. The van der Waals surface area contributed by atoms with Crippen LogP contribution in [-0.4, -0.2) is 24.5 Å². The van der Waals surface area contributed by atoms with E-state index in [1.165, 1.54) is 12.8 Å². The fourth-order valence-electron chi connectivity index (χ4n) is 2.49. The van der Waals surface area contributed by atoms with Crippen LogP contribution in [0.15, 0.2) is 41.0 Å². The molecule has 0 spiro atoms. The van der Waals surface area contributed by atoms with Crippen molar-refractivity contribution in [1.82, 2.24) is 24.5 Å². The van der Waals surface area contributed by atoms with Crippen molar-refractivity contribution in [3.63, 3.8) is 0 Å². The molecule has 0 N–H and O–H groups in total. The van der Waals surface area contributed by atoms with Crippen molar-refractivity contribution in [1.29, 1.82) is 0 Å². The van der Waals surface area contributed by atoms with Gasteiger partial charge < -0.3 is 0 Å². The van der Waals surface area contributed by atoms with E-state index in [2.05, 4.69) is 38.3 Å². The Bertz CT molecular complexity index is 798. The highest BCUT2D eigenvalue weighted by Gasteiger charge is 2.25. The number of aromatic nitrogens is 5. The van der Waals surface area contributed by atoms with E-state index in [-0.39, 0.29) is 0 Å². The third kappa shape index (κ3) is 2.70. The average Bonchev–Trinajstić information content (AvgIpc) is 3.05. The van der Waals surface area contributed by atoms with Gasteiger partial charge in [-0.3, -0.25) is 4.68 Å². The van der Waals surface area contributed by atoms with Crippen molar-refractivity contribution in [3.05, 3.63) is 46.8 Å². The maximum Gasteiger partial charge on any atom is 0.202 e. The molecule has 1 aromatic carbocycles. The lowest BCUT2D eigenvalue weighted by Gasteiger charge is -2.05. The Morgan fingerprint density at radius 1 is 1.14 bits per heavy atom. The van der Waals surface area contributed by atoms with Crippen molar-refractivity contribution in [3.8, 4) is 17.2 Å². The first kappa shape index (κ1) is 13.7. The molecule has 112 valence electrons. The molecule has 1 fully saturated rings. The monoisotopic (exact) mass is 357 g/mol. The van der Waals surface area contributed by atoms with Gasteiger partial charge in [0.2, 0.25) is 5.82 Å². The molecule has 1 saturated carbocycles. The molecule has 22 heavy (non-hydrogen) atoms.